The third-order valence-corrected chi connectivity index (χ3v) is 3.10. The summed E-state index contributed by atoms with van der Waals surface area (Å²) in [5.74, 6) is 0.500. The summed E-state index contributed by atoms with van der Waals surface area (Å²) in [6, 6.07) is 2.09. The van der Waals surface area contributed by atoms with Gasteiger partial charge >= 0.3 is 0 Å². The Bertz CT molecular complexity index is 352. The third-order valence-electron chi connectivity index (χ3n) is 3.10. The molecule has 0 saturated carbocycles. The molecule has 0 saturated heterocycles. The Morgan fingerprint density at radius 3 is 2.39 bits per heavy atom. The van der Waals surface area contributed by atoms with Crippen LogP contribution in [0.2, 0.25) is 0 Å². The maximum Gasteiger partial charge on any atom is 0.0991 e. The average molecular weight is 243 g/mol. The topological polar surface area (TPSA) is 23.8 Å². The zero-order valence-electron chi connectivity index (χ0n) is 11.8. The Balaban J connectivity index is 4.43. The monoisotopic (exact) mass is 243 g/mol. The molecule has 1 atom stereocenters. The van der Waals surface area contributed by atoms with Gasteiger partial charge in [-0.15, -0.1) is 0 Å². The first kappa shape index (κ1) is 16.4. The molecule has 1 unspecified atom stereocenters. The molecule has 0 fully saturated rings. The smallest absolute Gasteiger partial charge is 0.0991 e. The maximum absolute atomic E-state index is 8.81. The van der Waals surface area contributed by atoms with Crippen LogP contribution in [0.15, 0.2) is 48.6 Å². The van der Waals surface area contributed by atoms with E-state index in [0.29, 0.717) is 11.5 Å². The highest BCUT2D eigenvalue weighted by Crippen LogP contribution is 2.19. The Kier molecular flexibility index (Phi) is 9.68. The van der Waals surface area contributed by atoms with Crippen molar-refractivity contribution in [3.63, 3.8) is 0 Å². The molecule has 0 N–H and O–H groups in total. The van der Waals surface area contributed by atoms with Crippen LogP contribution >= 0.6 is 0 Å². The minimum atomic E-state index is 0.500. The first-order chi connectivity index (χ1) is 8.69. The Labute approximate surface area is 112 Å². The second-order valence-electron chi connectivity index (χ2n) is 4.56. The molecule has 0 aromatic heterocycles. The lowest BCUT2D eigenvalue weighted by Gasteiger charge is -2.12. The van der Waals surface area contributed by atoms with Crippen molar-refractivity contribution in [3.05, 3.63) is 48.6 Å². The molecule has 1 nitrogen and oxygen atoms in total. The first-order valence-electron chi connectivity index (χ1n) is 6.76. The number of nitriles is 1. The fraction of sp³-hybridized carbons (Fsp3) is 0.471. The lowest BCUT2D eigenvalue weighted by atomic mass is 9.94. The summed E-state index contributed by atoms with van der Waals surface area (Å²) in [6.45, 7) is 11.9. The zero-order valence-corrected chi connectivity index (χ0v) is 11.8. The lowest BCUT2D eigenvalue weighted by Crippen LogP contribution is -1.97. The van der Waals surface area contributed by atoms with Gasteiger partial charge in [-0.2, -0.15) is 5.26 Å². The van der Waals surface area contributed by atoms with Crippen LogP contribution in [0.3, 0.4) is 0 Å². The van der Waals surface area contributed by atoms with Crippen LogP contribution in [0, 0.1) is 17.2 Å². The molecule has 0 aliphatic rings. The normalized spacial score (nSPS) is 13.8. The molecule has 0 aliphatic heterocycles. The molecule has 0 radical (unpaired) electrons. The van der Waals surface area contributed by atoms with Gasteiger partial charge in [0.15, 0.2) is 0 Å². The van der Waals surface area contributed by atoms with Crippen molar-refractivity contribution in [2.45, 2.75) is 46.0 Å². The quantitative estimate of drug-likeness (QED) is 0.304. The van der Waals surface area contributed by atoms with E-state index in [1.54, 1.807) is 6.08 Å². The summed E-state index contributed by atoms with van der Waals surface area (Å²) in [7, 11) is 0. The second-order valence-corrected chi connectivity index (χ2v) is 4.56. The van der Waals surface area contributed by atoms with E-state index in [2.05, 4.69) is 33.1 Å². The van der Waals surface area contributed by atoms with Crippen molar-refractivity contribution in [2.24, 2.45) is 5.92 Å². The first-order valence-corrected chi connectivity index (χ1v) is 6.76. The van der Waals surface area contributed by atoms with E-state index in [0.717, 1.165) is 0 Å². The summed E-state index contributed by atoms with van der Waals surface area (Å²) in [5.41, 5.74) is 1.79. The maximum atomic E-state index is 8.81. The summed E-state index contributed by atoms with van der Waals surface area (Å²) >= 11 is 0. The minimum absolute atomic E-state index is 0.500. The number of hydrogen-bond acceptors (Lipinski definition) is 1. The lowest BCUT2D eigenvalue weighted by molar-refractivity contribution is 0.549. The summed E-state index contributed by atoms with van der Waals surface area (Å²) < 4.78 is 0. The number of unbranched alkanes of at least 4 members (excludes halogenated alkanes) is 3. The average Bonchev–Trinajstić information content (AvgIpc) is 2.40. The number of nitrogens with zero attached hydrogens (tertiary/aromatic N) is 1. The summed E-state index contributed by atoms with van der Waals surface area (Å²) in [5, 5.41) is 8.81. The van der Waals surface area contributed by atoms with Crippen LogP contribution in [0.25, 0.3) is 0 Å². The van der Waals surface area contributed by atoms with Gasteiger partial charge in [0.05, 0.1) is 11.6 Å². The van der Waals surface area contributed by atoms with Crippen LogP contribution in [0.4, 0.5) is 0 Å². The standard InChI is InChI=1S/C17H25N/c1-5-8-9-10-11-15(4)17(7-3)13-12-16(6-2)14-18/h6-7,12-13,15H,2-3,5,8-11H2,1,4H3/b16-12+,17-13+. The SMILES string of the molecule is C=C/C(=C\C=C(\C#N)C=C)C(C)CCCCCC. The van der Waals surface area contributed by atoms with Gasteiger partial charge in [0.25, 0.3) is 0 Å². The molecular formula is C17H25N. The van der Waals surface area contributed by atoms with E-state index in [1.807, 2.05) is 18.2 Å². The second kappa shape index (κ2) is 10.6. The fourth-order valence-corrected chi connectivity index (χ4v) is 1.81. The van der Waals surface area contributed by atoms with E-state index < -0.39 is 0 Å². The number of rotatable bonds is 9. The molecule has 1 heteroatoms. The van der Waals surface area contributed by atoms with Gasteiger partial charge in [0.2, 0.25) is 0 Å². The van der Waals surface area contributed by atoms with Gasteiger partial charge in [-0.1, -0.05) is 70.9 Å². The highest BCUT2D eigenvalue weighted by molar-refractivity contribution is 5.37. The highest BCUT2D eigenvalue weighted by Gasteiger charge is 2.04. The van der Waals surface area contributed by atoms with Crippen LogP contribution in [-0.2, 0) is 0 Å². The molecule has 0 spiro atoms. The summed E-state index contributed by atoms with van der Waals surface area (Å²) in [6.07, 6.45) is 13.6. The Morgan fingerprint density at radius 2 is 1.89 bits per heavy atom. The predicted molar refractivity (Wildman–Crippen MR) is 80.1 cm³/mol. The summed E-state index contributed by atoms with van der Waals surface area (Å²) in [4.78, 5) is 0. The Morgan fingerprint density at radius 1 is 1.17 bits per heavy atom. The molecule has 18 heavy (non-hydrogen) atoms. The molecule has 0 aromatic rings. The van der Waals surface area contributed by atoms with Gasteiger partial charge in [-0.25, -0.2) is 0 Å². The Hall–Kier alpha value is -1.55. The van der Waals surface area contributed by atoms with Gasteiger partial charge in [-0.05, 0) is 24.0 Å². The fourth-order valence-electron chi connectivity index (χ4n) is 1.81. The van der Waals surface area contributed by atoms with E-state index >= 15 is 0 Å². The van der Waals surface area contributed by atoms with Crippen LogP contribution in [0.5, 0.6) is 0 Å². The highest BCUT2D eigenvalue weighted by atomic mass is 14.2. The minimum Gasteiger partial charge on any atom is -0.192 e. The van der Waals surface area contributed by atoms with E-state index in [9.17, 15) is 0 Å². The predicted octanol–water partition coefficient (Wildman–Crippen LogP) is 5.34. The number of hydrogen-bond donors (Lipinski definition) is 0. The van der Waals surface area contributed by atoms with E-state index in [1.165, 1.54) is 37.7 Å². The van der Waals surface area contributed by atoms with Gasteiger partial charge in [-0.3, -0.25) is 0 Å². The largest absolute Gasteiger partial charge is 0.192 e. The van der Waals surface area contributed by atoms with Crippen LogP contribution in [-0.4, -0.2) is 0 Å². The van der Waals surface area contributed by atoms with Crippen molar-refractivity contribution in [1.82, 2.24) is 0 Å². The molecule has 0 aromatic carbocycles. The van der Waals surface area contributed by atoms with Gasteiger partial charge in [0.1, 0.15) is 0 Å². The molecule has 0 heterocycles. The van der Waals surface area contributed by atoms with Crippen molar-refractivity contribution in [2.75, 3.05) is 0 Å². The third kappa shape index (κ3) is 6.91. The van der Waals surface area contributed by atoms with Gasteiger partial charge < -0.3 is 0 Å². The van der Waals surface area contributed by atoms with E-state index in [4.69, 9.17) is 5.26 Å². The van der Waals surface area contributed by atoms with E-state index in [-0.39, 0.29) is 0 Å². The zero-order chi connectivity index (χ0) is 13.8. The molecular weight excluding hydrogens is 218 g/mol. The van der Waals surface area contributed by atoms with Crippen molar-refractivity contribution in [1.29, 1.82) is 5.26 Å². The van der Waals surface area contributed by atoms with Crippen molar-refractivity contribution >= 4 is 0 Å². The van der Waals surface area contributed by atoms with Crippen LogP contribution in [0.1, 0.15) is 46.0 Å². The molecule has 0 bridgehead atoms. The molecule has 0 aliphatic carbocycles. The number of allylic oxidation sites excluding steroid dienone is 6. The van der Waals surface area contributed by atoms with Crippen LogP contribution < -0.4 is 0 Å². The molecule has 98 valence electrons. The van der Waals surface area contributed by atoms with Gasteiger partial charge in [0, 0.05) is 0 Å². The van der Waals surface area contributed by atoms with Crippen molar-refractivity contribution in [3.8, 4) is 6.07 Å². The molecule has 0 amide bonds. The van der Waals surface area contributed by atoms with Crippen molar-refractivity contribution < 1.29 is 0 Å². The molecule has 0 rings (SSSR count).